The van der Waals surface area contributed by atoms with Gasteiger partial charge in [0.05, 0.1) is 6.54 Å². The van der Waals surface area contributed by atoms with Crippen LogP contribution in [0.25, 0.3) is 0 Å². The van der Waals surface area contributed by atoms with Gasteiger partial charge < -0.3 is 14.5 Å². The summed E-state index contributed by atoms with van der Waals surface area (Å²) in [6.07, 6.45) is 3.45. The van der Waals surface area contributed by atoms with E-state index < -0.39 is 0 Å². The van der Waals surface area contributed by atoms with E-state index in [2.05, 4.69) is 24.8 Å². The SMILES string of the molecule is CC(C)CN1CCC(Oc2cc3c(s2)CN(C(=O)c2ccccc2)CC3)CC1. The van der Waals surface area contributed by atoms with Crippen molar-refractivity contribution in [3.8, 4) is 5.06 Å². The van der Waals surface area contributed by atoms with Crippen LogP contribution in [-0.2, 0) is 13.0 Å². The van der Waals surface area contributed by atoms with Gasteiger partial charge in [-0.3, -0.25) is 4.79 Å². The number of ether oxygens (including phenoxy) is 1. The van der Waals surface area contributed by atoms with Crippen LogP contribution in [0.1, 0.15) is 47.5 Å². The smallest absolute Gasteiger partial charge is 0.254 e. The summed E-state index contributed by atoms with van der Waals surface area (Å²) in [7, 11) is 0. The van der Waals surface area contributed by atoms with Crippen LogP contribution in [0.5, 0.6) is 5.06 Å². The molecule has 1 aromatic heterocycles. The van der Waals surface area contributed by atoms with E-state index in [1.54, 1.807) is 11.3 Å². The molecule has 2 aliphatic heterocycles. The van der Waals surface area contributed by atoms with Crippen LogP contribution in [-0.4, -0.2) is 48.0 Å². The molecule has 1 fully saturated rings. The Morgan fingerprint density at radius 2 is 1.93 bits per heavy atom. The number of nitrogens with zero attached hydrogens (tertiary/aromatic N) is 2. The molecular weight excluding hydrogens is 368 g/mol. The average Bonchev–Trinajstić information content (AvgIpc) is 3.10. The quantitative estimate of drug-likeness (QED) is 0.746. The van der Waals surface area contributed by atoms with E-state index in [0.717, 1.165) is 55.4 Å². The molecule has 0 spiro atoms. The number of amides is 1. The van der Waals surface area contributed by atoms with Gasteiger partial charge in [0, 0.05) is 36.6 Å². The van der Waals surface area contributed by atoms with Gasteiger partial charge in [-0.15, -0.1) is 11.3 Å². The largest absolute Gasteiger partial charge is 0.481 e. The van der Waals surface area contributed by atoms with Gasteiger partial charge in [0.15, 0.2) is 5.06 Å². The molecule has 4 rings (SSSR count). The van der Waals surface area contributed by atoms with Crippen LogP contribution in [0.15, 0.2) is 36.4 Å². The average molecular weight is 399 g/mol. The lowest BCUT2D eigenvalue weighted by Crippen LogP contribution is -2.39. The first kappa shape index (κ1) is 19.5. The van der Waals surface area contributed by atoms with E-state index >= 15 is 0 Å². The second kappa shape index (κ2) is 8.66. The van der Waals surface area contributed by atoms with Crippen molar-refractivity contribution >= 4 is 17.2 Å². The highest BCUT2D eigenvalue weighted by Gasteiger charge is 2.26. The third kappa shape index (κ3) is 4.58. The second-order valence-corrected chi connectivity index (χ2v) is 9.47. The minimum absolute atomic E-state index is 0.125. The minimum Gasteiger partial charge on any atom is -0.481 e. The van der Waals surface area contributed by atoms with Gasteiger partial charge in [-0.2, -0.15) is 0 Å². The fourth-order valence-corrected chi connectivity index (χ4v) is 5.32. The zero-order valence-electron chi connectivity index (χ0n) is 16.9. The minimum atomic E-state index is 0.125. The number of carbonyl (C=O) groups excluding carboxylic acids is 1. The molecule has 0 radical (unpaired) electrons. The van der Waals surface area contributed by atoms with E-state index in [4.69, 9.17) is 4.74 Å². The maximum absolute atomic E-state index is 12.7. The molecule has 5 heteroatoms. The first-order valence-corrected chi connectivity index (χ1v) is 11.2. The Labute approximate surface area is 172 Å². The Morgan fingerprint density at radius 1 is 1.18 bits per heavy atom. The summed E-state index contributed by atoms with van der Waals surface area (Å²) in [5.74, 6) is 0.850. The molecule has 2 aliphatic rings. The highest BCUT2D eigenvalue weighted by atomic mass is 32.1. The van der Waals surface area contributed by atoms with Crippen LogP contribution < -0.4 is 4.74 Å². The van der Waals surface area contributed by atoms with E-state index in [1.807, 2.05) is 35.2 Å². The molecule has 1 saturated heterocycles. The molecule has 0 atom stereocenters. The Hall–Kier alpha value is -1.85. The maximum Gasteiger partial charge on any atom is 0.254 e. The van der Waals surface area contributed by atoms with Crippen molar-refractivity contribution in [2.45, 2.75) is 45.8 Å². The van der Waals surface area contributed by atoms with Gasteiger partial charge in [-0.1, -0.05) is 32.0 Å². The van der Waals surface area contributed by atoms with Crippen LogP contribution in [0, 0.1) is 5.92 Å². The number of hydrogen-bond acceptors (Lipinski definition) is 4. The van der Waals surface area contributed by atoms with Crippen LogP contribution in [0.4, 0.5) is 0 Å². The molecule has 0 unspecified atom stereocenters. The lowest BCUT2D eigenvalue weighted by atomic mass is 10.1. The summed E-state index contributed by atoms with van der Waals surface area (Å²) in [6.45, 7) is 9.50. The van der Waals surface area contributed by atoms with Gasteiger partial charge >= 0.3 is 0 Å². The monoisotopic (exact) mass is 398 g/mol. The number of benzene rings is 1. The highest BCUT2D eigenvalue weighted by Crippen LogP contribution is 2.35. The van der Waals surface area contributed by atoms with E-state index in [1.165, 1.54) is 17.0 Å². The molecule has 0 saturated carbocycles. The number of hydrogen-bond donors (Lipinski definition) is 0. The number of carbonyl (C=O) groups is 1. The summed E-state index contributed by atoms with van der Waals surface area (Å²) in [6, 6.07) is 11.8. The number of fused-ring (bicyclic) bond motifs is 1. The lowest BCUT2D eigenvalue weighted by Gasteiger charge is -2.32. The third-order valence-corrected chi connectivity index (χ3v) is 6.66. The Morgan fingerprint density at radius 3 is 2.64 bits per heavy atom. The van der Waals surface area contributed by atoms with E-state index in [9.17, 15) is 4.79 Å². The molecule has 2 aromatic rings. The van der Waals surface area contributed by atoms with Crippen molar-refractivity contribution in [2.24, 2.45) is 5.92 Å². The zero-order chi connectivity index (χ0) is 19.5. The van der Waals surface area contributed by atoms with Crippen molar-refractivity contribution in [3.63, 3.8) is 0 Å². The van der Waals surface area contributed by atoms with Crippen molar-refractivity contribution < 1.29 is 9.53 Å². The van der Waals surface area contributed by atoms with Crippen molar-refractivity contribution in [1.82, 2.24) is 9.80 Å². The molecule has 1 aromatic carbocycles. The van der Waals surface area contributed by atoms with Crippen LogP contribution in [0.3, 0.4) is 0 Å². The van der Waals surface area contributed by atoms with Gasteiger partial charge in [0.2, 0.25) is 0 Å². The van der Waals surface area contributed by atoms with Gasteiger partial charge in [-0.25, -0.2) is 0 Å². The molecule has 28 heavy (non-hydrogen) atoms. The maximum atomic E-state index is 12.7. The van der Waals surface area contributed by atoms with Gasteiger partial charge in [0.25, 0.3) is 5.91 Å². The Balaban J connectivity index is 1.34. The van der Waals surface area contributed by atoms with Crippen LogP contribution in [0.2, 0.25) is 0 Å². The summed E-state index contributed by atoms with van der Waals surface area (Å²) in [5.41, 5.74) is 2.13. The number of likely N-dealkylation sites (tertiary alicyclic amines) is 1. The second-order valence-electron chi connectivity index (χ2n) is 8.37. The zero-order valence-corrected chi connectivity index (χ0v) is 17.7. The first-order valence-electron chi connectivity index (χ1n) is 10.4. The molecule has 0 N–H and O–H groups in total. The van der Waals surface area contributed by atoms with Gasteiger partial charge in [0.1, 0.15) is 6.10 Å². The highest BCUT2D eigenvalue weighted by molar-refractivity contribution is 7.14. The summed E-state index contributed by atoms with van der Waals surface area (Å²) >= 11 is 1.73. The van der Waals surface area contributed by atoms with Crippen molar-refractivity contribution in [1.29, 1.82) is 0 Å². The normalized spacial score (nSPS) is 18.3. The fraction of sp³-hybridized carbons (Fsp3) is 0.522. The van der Waals surface area contributed by atoms with Gasteiger partial charge in [-0.05, 0) is 48.9 Å². The third-order valence-electron chi connectivity index (χ3n) is 5.61. The molecule has 3 heterocycles. The summed E-state index contributed by atoms with van der Waals surface area (Å²) in [5, 5.41) is 1.03. The molecule has 4 nitrogen and oxygen atoms in total. The first-order chi connectivity index (χ1) is 13.6. The van der Waals surface area contributed by atoms with Crippen molar-refractivity contribution in [2.75, 3.05) is 26.2 Å². The summed E-state index contributed by atoms with van der Waals surface area (Å²) in [4.78, 5) is 18.5. The molecular formula is C23H30N2O2S. The molecule has 0 bridgehead atoms. The fourth-order valence-electron chi connectivity index (χ4n) is 4.18. The molecule has 0 aliphatic carbocycles. The molecule has 150 valence electrons. The number of piperidine rings is 1. The van der Waals surface area contributed by atoms with E-state index in [0.29, 0.717) is 12.6 Å². The summed E-state index contributed by atoms with van der Waals surface area (Å²) < 4.78 is 6.33. The van der Waals surface area contributed by atoms with Crippen molar-refractivity contribution in [3.05, 3.63) is 52.4 Å². The molecule has 1 amide bonds. The number of rotatable bonds is 5. The standard InChI is InChI=1S/C23H30N2O2S/c1-17(2)15-24-11-9-20(10-12-24)27-22-14-19-8-13-25(16-21(19)28-22)23(26)18-6-4-3-5-7-18/h3-7,14,17,20H,8-13,15-16H2,1-2H3. The topological polar surface area (TPSA) is 32.8 Å². The Kier molecular flexibility index (Phi) is 6.02. The predicted molar refractivity (Wildman–Crippen MR) is 114 cm³/mol. The lowest BCUT2D eigenvalue weighted by molar-refractivity contribution is 0.0737. The van der Waals surface area contributed by atoms with E-state index in [-0.39, 0.29) is 5.91 Å². The number of thiophene rings is 1. The van der Waals surface area contributed by atoms with Crippen LogP contribution >= 0.6 is 11.3 Å². The Bertz CT molecular complexity index is 794. The predicted octanol–water partition coefficient (Wildman–Crippen LogP) is 4.45.